The average molecular weight is 332 g/mol. The van der Waals surface area contributed by atoms with Crippen molar-refractivity contribution in [1.29, 1.82) is 0 Å². The molecule has 0 saturated heterocycles. The average Bonchev–Trinajstić information content (AvgIpc) is 2.86. The van der Waals surface area contributed by atoms with Crippen LogP contribution in [0.25, 0.3) is 17.1 Å². The lowest BCUT2D eigenvalue weighted by atomic mass is 10.2. The van der Waals surface area contributed by atoms with Gasteiger partial charge in [-0.05, 0) is 35.9 Å². The molecule has 0 bridgehead atoms. The molecule has 1 N–H and O–H groups in total. The van der Waals surface area contributed by atoms with Gasteiger partial charge in [-0.2, -0.15) is 5.10 Å². The van der Waals surface area contributed by atoms with E-state index in [4.69, 9.17) is 16.7 Å². The van der Waals surface area contributed by atoms with Gasteiger partial charge in [0.05, 0.1) is 12.1 Å². The van der Waals surface area contributed by atoms with Crippen LogP contribution in [-0.2, 0) is 11.3 Å². The van der Waals surface area contributed by atoms with E-state index in [1.807, 2.05) is 6.07 Å². The Morgan fingerprint density at radius 2 is 2.22 bits per heavy atom. The molecule has 7 heteroatoms. The molecule has 0 amide bonds. The number of aliphatic carboxylic acids is 1. The maximum atomic E-state index is 13.1. The molecule has 1 aromatic carbocycles. The SMILES string of the molecule is O=C(O)/C=C/c1nn(Cc2ccc(F)cc2Cl)c2cccnc12. The summed E-state index contributed by atoms with van der Waals surface area (Å²) in [6.45, 7) is 0.322. The second-order valence-electron chi connectivity index (χ2n) is 4.82. The lowest BCUT2D eigenvalue weighted by Gasteiger charge is -2.06. The first-order valence-electron chi connectivity index (χ1n) is 6.71. The van der Waals surface area contributed by atoms with Crippen molar-refractivity contribution in [3.8, 4) is 0 Å². The molecule has 0 saturated carbocycles. The summed E-state index contributed by atoms with van der Waals surface area (Å²) in [6, 6.07) is 7.75. The highest BCUT2D eigenvalue weighted by Gasteiger charge is 2.11. The van der Waals surface area contributed by atoms with Crippen LogP contribution in [0.5, 0.6) is 0 Å². The molecule has 2 heterocycles. The molecule has 2 aromatic heterocycles. The largest absolute Gasteiger partial charge is 0.478 e. The Morgan fingerprint density at radius 3 is 2.96 bits per heavy atom. The first-order chi connectivity index (χ1) is 11.0. The second-order valence-corrected chi connectivity index (χ2v) is 5.23. The van der Waals surface area contributed by atoms with Crippen molar-refractivity contribution in [2.75, 3.05) is 0 Å². The van der Waals surface area contributed by atoms with Crippen molar-refractivity contribution in [3.63, 3.8) is 0 Å². The van der Waals surface area contributed by atoms with Crippen molar-refractivity contribution in [3.05, 3.63) is 64.7 Å². The van der Waals surface area contributed by atoms with Crippen LogP contribution in [0.15, 0.2) is 42.6 Å². The third kappa shape index (κ3) is 3.22. The fourth-order valence-electron chi connectivity index (χ4n) is 2.23. The summed E-state index contributed by atoms with van der Waals surface area (Å²) in [5, 5.41) is 13.4. The first kappa shape index (κ1) is 15.2. The molecule has 0 aliphatic carbocycles. The van der Waals surface area contributed by atoms with E-state index < -0.39 is 11.8 Å². The van der Waals surface area contributed by atoms with Gasteiger partial charge >= 0.3 is 5.97 Å². The van der Waals surface area contributed by atoms with Gasteiger partial charge in [0.15, 0.2) is 0 Å². The number of halogens is 2. The van der Waals surface area contributed by atoms with Gasteiger partial charge in [0.25, 0.3) is 0 Å². The van der Waals surface area contributed by atoms with Crippen LogP contribution in [0.1, 0.15) is 11.3 Å². The van der Waals surface area contributed by atoms with E-state index in [-0.39, 0.29) is 0 Å². The molecule has 0 aliphatic rings. The number of rotatable bonds is 4. The number of hydrogen-bond acceptors (Lipinski definition) is 3. The zero-order chi connectivity index (χ0) is 16.4. The minimum atomic E-state index is -1.06. The maximum Gasteiger partial charge on any atom is 0.328 e. The number of nitrogens with zero attached hydrogens (tertiary/aromatic N) is 3. The monoisotopic (exact) mass is 331 g/mol. The van der Waals surface area contributed by atoms with Gasteiger partial charge in [0.1, 0.15) is 17.0 Å². The van der Waals surface area contributed by atoms with Crippen molar-refractivity contribution < 1.29 is 14.3 Å². The van der Waals surface area contributed by atoms with E-state index in [0.29, 0.717) is 28.3 Å². The number of aromatic nitrogens is 3. The Morgan fingerprint density at radius 1 is 1.39 bits per heavy atom. The topological polar surface area (TPSA) is 68.0 Å². The molecule has 3 rings (SSSR count). The molecule has 5 nitrogen and oxygen atoms in total. The van der Waals surface area contributed by atoms with Crippen LogP contribution < -0.4 is 0 Å². The molecule has 23 heavy (non-hydrogen) atoms. The molecule has 3 aromatic rings. The van der Waals surface area contributed by atoms with E-state index in [9.17, 15) is 9.18 Å². The number of carboxylic acid groups (broad SMARTS) is 1. The highest BCUT2D eigenvalue weighted by molar-refractivity contribution is 6.31. The Balaban J connectivity index is 2.05. The van der Waals surface area contributed by atoms with E-state index in [2.05, 4.69) is 10.1 Å². The van der Waals surface area contributed by atoms with Crippen LogP contribution in [-0.4, -0.2) is 25.8 Å². The molecule has 0 aliphatic heterocycles. The highest BCUT2D eigenvalue weighted by atomic mass is 35.5. The molecule has 0 radical (unpaired) electrons. The van der Waals surface area contributed by atoms with E-state index in [0.717, 1.165) is 11.6 Å². The predicted octanol–water partition coefficient (Wildman–Crippen LogP) is 3.37. The van der Waals surface area contributed by atoms with Gasteiger partial charge in [-0.3, -0.25) is 9.67 Å². The summed E-state index contributed by atoms with van der Waals surface area (Å²) in [6.07, 6.45) is 4.00. The zero-order valence-corrected chi connectivity index (χ0v) is 12.5. The molecule has 0 atom stereocenters. The molecule has 0 spiro atoms. The molecule has 0 unspecified atom stereocenters. The molecule has 0 fully saturated rings. The highest BCUT2D eigenvalue weighted by Crippen LogP contribution is 2.22. The van der Waals surface area contributed by atoms with Gasteiger partial charge in [-0.1, -0.05) is 17.7 Å². The minimum absolute atomic E-state index is 0.306. The summed E-state index contributed by atoms with van der Waals surface area (Å²) in [4.78, 5) is 14.9. The normalized spacial score (nSPS) is 11.4. The van der Waals surface area contributed by atoms with Gasteiger partial charge in [0.2, 0.25) is 0 Å². The van der Waals surface area contributed by atoms with E-state index in [1.54, 1.807) is 23.0 Å². The summed E-state index contributed by atoms with van der Waals surface area (Å²) in [5.41, 5.74) is 2.47. The second kappa shape index (κ2) is 6.18. The van der Waals surface area contributed by atoms with Gasteiger partial charge in [0, 0.05) is 17.3 Å². The summed E-state index contributed by atoms with van der Waals surface area (Å²) in [5.74, 6) is -1.47. The molecular weight excluding hydrogens is 321 g/mol. The Bertz CT molecular complexity index is 921. The van der Waals surface area contributed by atoms with Gasteiger partial charge < -0.3 is 5.11 Å². The Kier molecular flexibility index (Phi) is 4.08. The summed E-state index contributed by atoms with van der Waals surface area (Å²) >= 11 is 6.05. The Hall–Kier alpha value is -2.73. The Labute approximate surface area is 135 Å². The first-order valence-corrected chi connectivity index (χ1v) is 7.09. The number of pyridine rings is 1. The van der Waals surface area contributed by atoms with Crippen molar-refractivity contribution in [2.45, 2.75) is 6.54 Å². The predicted molar refractivity (Wildman–Crippen MR) is 84.7 cm³/mol. The van der Waals surface area contributed by atoms with Gasteiger partial charge in [-0.15, -0.1) is 0 Å². The maximum absolute atomic E-state index is 13.1. The lowest BCUT2D eigenvalue weighted by Crippen LogP contribution is -2.02. The third-order valence-electron chi connectivity index (χ3n) is 3.25. The van der Waals surface area contributed by atoms with Gasteiger partial charge in [-0.25, -0.2) is 9.18 Å². The third-order valence-corrected chi connectivity index (χ3v) is 3.61. The van der Waals surface area contributed by atoms with Crippen molar-refractivity contribution >= 4 is 34.7 Å². The van der Waals surface area contributed by atoms with Crippen LogP contribution in [0, 0.1) is 5.82 Å². The summed E-state index contributed by atoms with van der Waals surface area (Å²) in [7, 11) is 0. The quantitative estimate of drug-likeness (QED) is 0.744. The van der Waals surface area contributed by atoms with E-state index in [1.165, 1.54) is 18.2 Å². The number of benzene rings is 1. The zero-order valence-electron chi connectivity index (χ0n) is 11.8. The molecular formula is C16H11ClFN3O2. The van der Waals surface area contributed by atoms with Crippen molar-refractivity contribution in [1.82, 2.24) is 14.8 Å². The smallest absolute Gasteiger partial charge is 0.328 e. The fraction of sp³-hybridized carbons (Fsp3) is 0.0625. The van der Waals surface area contributed by atoms with Crippen LogP contribution >= 0.6 is 11.6 Å². The van der Waals surface area contributed by atoms with Crippen LogP contribution in [0.3, 0.4) is 0 Å². The molecule has 116 valence electrons. The number of carboxylic acids is 1. The fourth-order valence-corrected chi connectivity index (χ4v) is 2.45. The standard InChI is InChI=1S/C16H11ClFN3O2/c17-12-8-11(18)4-3-10(12)9-21-14-2-1-7-19-16(14)13(20-21)5-6-15(22)23/h1-8H,9H2,(H,22,23)/b6-5+. The van der Waals surface area contributed by atoms with Crippen molar-refractivity contribution in [2.24, 2.45) is 0 Å². The number of hydrogen-bond donors (Lipinski definition) is 1. The number of fused-ring (bicyclic) bond motifs is 1. The number of carbonyl (C=O) groups is 1. The van der Waals surface area contributed by atoms with E-state index >= 15 is 0 Å². The van der Waals surface area contributed by atoms with Crippen LogP contribution in [0.4, 0.5) is 4.39 Å². The minimum Gasteiger partial charge on any atom is -0.478 e. The summed E-state index contributed by atoms with van der Waals surface area (Å²) < 4.78 is 14.8. The van der Waals surface area contributed by atoms with Crippen LogP contribution in [0.2, 0.25) is 5.02 Å². The lowest BCUT2D eigenvalue weighted by molar-refractivity contribution is -0.131.